The Hall–Kier alpha value is -3.43. The van der Waals surface area contributed by atoms with Crippen LogP contribution in [0.15, 0.2) is 41.5 Å². The van der Waals surface area contributed by atoms with Gasteiger partial charge in [0.15, 0.2) is 5.60 Å². The molecular weight excluding hydrogens is 437 g/mol. The molecule has 0 aliphatic carbocycles. The van der Waals surface area contributed by atoms with Gasteiger partial charge in [0.25, 0.3) is 0 Å². The van der Waals surface area contributed by atoms with Crippen molar-refractivity contribution in [3.63, 3.8) is 0 Å². The fourth-order valence-electron chi connectivity index (χ4n) is 3.75. The van der Waals surface area contributed by atoms with E-state index in [1.54, 1.807) is 29.7 Å². The number of halogens is 3. The van der Waals surface area contributed by atoms with Crippen LogP contribution in [0.5, 0.6) is 0 Å². The van der Waals surface area contributed by atoms with Gasteiger partial charge in [-0.3, -0.25) is 4.57 Å². The molecule has 2 atom stereocenters. The van der Waals surface area contributed by atoms with Gasteiger partial charge in [-0.05, 0) is 43.0 Å². The standard InChI is InChI=1S/C23H23F3N4O3/c1-12(21(2,3)4)30-17-8-13(6-7-16(17)29-20(30)32)15-9-22(5,33-18(15)31)14-10-27-19(28-11-14)23(24,25)26/h6-12H,1-5H3,(H,29,32)/t12-,22+/m1/s1. The maximum atomic E-state index is 12.8. The highest BCUT2D eigenvalue weighted by Gasteiger charge is 2.40. The zero-order chi connectivity index (χ0) is 24.3. The van der Waals surface area contributed by atoms with Gasteiger partial charge in [-0.15, -0.1) is 0 Å². The van der Waals surface area contributed by atoms with E-state index in [2.05, 4.69) is 15.0 Å². The summed E-state index contributed by atoms with van der Waals surface area (Å²) >= 11 is 0. The molecule has 2 aromatic heterocycles. The van der Waals surface area contributed by atoms with E-state index < -0.39 is 23.6 Å². The van der Waals surface area contributed by atoms with E-state index in [9.17, 15) is 22.8 Å². The Kier molecular flexibility index (Phi) is 5.03. The predicted octanol–water partition coefficient (Wildman–Crippen LogP) is 4.60. The second-order valence-electron chi connectivity index (χ2n) is 9.42. The summed E-state index contributed by atoms with van der Waals surface area (Å²) in [6.45, 7) is 9.59. The second kappa shape index (κ2) is 7.29. The number of hydrogen-bond donors (Lipinski definition) is 1. The number of carbonyl (C=O) groups is 1. The van der Waals surface area contributed by atoms with E-state index >= 15 is 0 Å². The fourth-order valence-corrected chi connectivity index (χ4v) is 3.75. The minimum atomic E-state index is -4.67. The normalized spacial score (nSPS) is 20.1. The molecule has 3 aromatic rings. The minimum Gasteiger partial charge on any atom is -0.446 e. The van der Waals surface area contributed by atoms with E-state index in [0.29, 0.717) is 16.6 Å². The second-order valence-corrected chi connectivity index (χ2v) is 9.42. The first-order valence-electron chi connectivity index (χ1n) is 10.3. The van der Waals surface area contributed by atoms with Crippen molar-refractivity contribution < 1.29 is 22.7 Å². The molecule has 7 nitrogen and oxygen atoms in total. The van der Waals surface area contributed by atoms with Gasteiger partial charge in [0, 0.05) is 24.0 Å². The van der Waals surface area contributed by atoms with Crippen LogP contribution in [0, 0.1) is 5.41 Å². The van der Waals surface area contributed by atoms with Gasteiger partial charge < -0.3 is 9.72 Å². The van der Waals surface area contributed by atoms with Crippen LogP contribution in [0.3, 0.4) is 0 Å². The highest BCUT2D eigenvalue weighted by Crippen LogP contribution is 2.39. The van der Waals surface area contributed by atoms with Crippen LogP contribution in [0.4, 0.5) is 13.2 Å². The fraction of sp³-hybridized carbons (Fsp3) is 0.391. The highest BCUT2D eigenvalue weighted by molar-refractivity contribution is 6.19. The largest absolute Gasteiger partial charge is 0.451 e. The SMILES string of the molecule is C[C@@H](n1c(=O)[nH]c2ccc(C3=C[C@@](C)(c4cnc(C(F)(F)F)nc4)OC3=O)cc21)C(C)(C)C. The first kappa shape index (κ1) is 22.8. The number of alkyl halides is 3. The maximum Gasteiger partial charge on any atom is 0.451 e. The number of imidazole rings is 1. The van der Waals surface area contributed by atoms with Crippen molar-refractivity contribution in [1.82, 2.24) is 19.5 Å². The Labute approximate surface area is 187 Å². The number of H-pyrrole nitrogens is 1. The molecule has 1 aromatic carbocycles. The number of aromatic amines is 1. The van der Waals surface area contributed by atoms with Crippen molar-refractivity contribution in [3.05, 3.63) is 64.1 Å². The monoisotopic (exact) mass is 460 g/mol. The van der Waals surface area contributed by atoms with Gasteiger partial charge >= 0.3 is 17.8 Å². The number of nitrogens with one attached hydrogen (secondary N) is 1. The molecule has 0 amide bonds. The lowest BCUT2D eigenvalue weighted by molar-refractivity contribution is -0.146. The molecule has 0 saturated carbocycles. The number of aromatic nitrogens is 4. The van der Waals surface area contributed by atoms with Gasteiger partial charge in [-0.2, -0.15) is 13.2 Å². The molecule has 3 heterocycles. The van der Waals surface area contributed by atoms with Gasteiger partial charge in [0.05, 0.1) is 16.6 Å². The number of fused-ring (bicyclic) bond motifs is 1. The summed E-state index contributed by atoms with van der Waals surface area (Å²) in [7, 11) is 0. The third-order valence-electron chi connectivity index (χ3n) is 6.09. The van der Waals surface area contributed by atoms with Crippen LogP contribution >= 0.6 is 0 Å². The Morgan fingerprint density at radius 2 is 1.76 bits per heavy atom. The summed E-state index contributed by atoms with van der Waals surface area (Å²) in [5.41, 5.74) is 0.467. The van der Waals surface area contributed by atoms with Crippen LogP contribution in [-0.4, -0.2) is 25.5 Å². The van der Waals surface area contributed by atoms with E-state index in [1.807, 2.05) is 27.7 Å². The predicted molar refractivity (Wildman–Crippen MR) is 115 cm³/mol. The molecule has 0 unspecified atom stereocenters. The molecular formula is C23H23F3N4O3. The lowest BCUT2D eigenvalue weighted by atomic mass is 9.88. The Balaban J connectivity index is 1.77. The van der Waals surface area contributed by atoms with Gasteiger partial charge in [-0.25, -0.2) is 19.6 Å². The summed E-state index contributed by atoms with van der Waals surface area (Å²) < 4.78 is 45.5. The Morgan fingerprint density at radius 3 is 2.33 bits per heavy atom. The van der Waals surface area contributed by atoms with E-state index in [4.69, 9.17) is 4.74 Å². The average molecular weight is 460 g/mol. The van der Waals surface area contributed by atoms with Crippen molar-refractivity contribution in [2.75, 3.05) is 0 Å². The van der Waals surface area contributed by atoms with E-state index in [1.165, 1.54) is 6.08 Å². The lowest BCUT2D eigenvalue weighted by Crippen LogP contribution is -2.29. The summed E-state index contributed by atoms with van der Waals surface area (Å²) in [5, 5.41) is 0. The zero-order valence-corrected chi connectivity index (χ0v) is 18.7. The molecule has 1 aliphatic heterocycles. The summed E-state index contributed by atoms with van der Waals surface area (Å²) in [6, 6.07) is 5.00. The molecule has 4 rings (SSSR count). The summed E-state index contributed by atoms with van der Waals surface area (Å²) in [4.78, 5) is 34.9. The van der Waals surface area contributed by atoms with Crippen LogP contribution in [0.25, 0.3) is 16.6 Å². The summed E-state index contributed by atoms with van der Waals surface area (Å²) in [5.74, 6) is -1.91. The van der Waals surface area contributed by atoms with Crippen LogP contribution in [-0.2, 0) is 21.3 Å². The number of nitrogens with zero attached hydrogens (tertiary/aromatic N) is 3. The van der Waals surface area contributed by atoms with Crippen molar-refractivity contribution in [2.45, 2.75) is 52.4 Å². The third kappa shape index (κ3) is 3.94. The van der Waals surface area contributed by atoms with E-state index in [0.717, 1.165) is 12.4 Å². The molecule has 1 aliphatic rings. The highest BCUT2D eigenvalue weighted by atomic mass is 19.4. The molecule has 0 bridgehead atoms. The molecule has 0 fully saturated rings. The molecule has 33 heavy (non-hydrogen) atoms. The first-order chi connectivity index (χ1) is 15.2. The molecule has 174 valence electrons. The Bertz CT molecular complexity index is 1330. The zero-order valence-electron chi connectivity index (χ0n) is 18.7. The molecule has 1 N–H and O–H groups in total. The molecule has 0 saturated heterocycles. The quantitative estimate of drug-likeness (QED) is 0.577. The van der Waals surface area contributed by atoms with Crippen molar-refractivity contribution in [3.8, 4) is 0 Å². The van der Waals surface area contributed by atoms with Gasteiger partial charge in [0.2, 0.25) is 5.82 Å². The average Bonchev–Trinajstić information content (AvgIpc) is 3.21. The topological polar surface area (TPSA) is 89.9 Å². The number of rotatable bonds is 3. The number of carbonyl (C=O) groups excluding carboxylic acids is 1. The van der Waals surface area contributed by atoms with Crippen LogP contribution < -0.4 is 5.69 Å². The minimum absolute atomic E-state index is 0.131. The van der Waals surface area contributed by atoms with Crippen molar-refractivity contribution >= 4 is 22.6 Å². The smallest absolute Gasteiger partial charge is 0.446 e. The number of benzene rings is 1. The number of esters is 1. The van der Waals surface area contributed by atoms with Gasteiger partial charge in [0.1, 0.15) is 0 Å². The number of cyclic esters (lactones) is 1. The molecule has 0 radical (unpaired) electrons. The maximum absolute atomic E-state index is 12.8. The molecule has 0 spiro atoms. The van der Waals surface area contributed by atoms with Crippen molar-refractivity contribution in [1.29, 1.82) is 0 Å². The lowest BCUT2D eigenvalue weighted by Gasteiger charge is -2.28. The number of ether oxygens (including phenoxy) is 1. The van der Waals surface area contributed by atoms with E-state index in [-0.39, 0.29) is 28.3 Å². The van der Waals surface area contributed by atoms with Crippen LogP contribution in [0.2, 0.25) is 0 Å². The third-order valence-corrected chi connectivity index (χ3v) is 6.09. The van der Waals surface area contributed by atoms with Crippen LogP contribution in [0.1, 0.15) is 57.6 Å². The first-order valence-corrected chi connectivity index (χ1v) is 10.3. The van der Waals surface area contributed by atoms with Crippen molar-refractivity contribution in [2.24, 2.45) is 5.41 Å². The molecule has 10 heteroatoms. The van der Waals surface area contributed by atoms with Gasteiger partial charge in [-0.1, -0.05) is 26.8 Å². The number of hydrogen-bond acceptors (Lipinski definition) is 5. The summed E-state index contributed by atoms with van der Waals surface area (Å²) in [6.07, 6.45) is -1.13. The Morgan fingerprint density at radius 1 is 1.12 bits per heavy atom.